The van der Waals surface area contributed by atoms with E-state index in [4.69, 9.17) is 8.94 Å². The van der Waals surface area contributed by atoms with E-state index in [9.17, 15) is 4.79 Å². The summed E-state index contributed by atoms with van der Waals surface area (Å²) in [5.74, 6) is 2.55. The Morgan fingerprint density at radius 1 is 1.10 bits per heavy atom. The number of aromatic nitrogens is 5. The maximum Gasteiger partial charge on any atom is 0.273 e. The van der Waals surface area contributed by atoms with Crippen molar-refractivity contribution in [3.63, 3.8) is 0 Å². The van der Waals surface area contributed by atoms with Crippen LogP contribution in [0.1, 0.15) is 27.7 Å². The molecule has 0 aliphatic carbocycles. The molecule has 4 aromatic rings. The standard InChI is InChI=1S/C20H21N7O3/c1-12-9-13(2)27(25-12)19-11-18(23-14(3)24-19)21-6-7-22-20(28)15-10-17(30-26-15)16-5-4-8-29-16/h4-5,8-11H,6-7H2,1-3H3,(H,22,28)(H,21,23,24). The van der Waals surface area contributed by atoms with Crippen LogP contribution in [-0.4, -0.2) is 43.9 Å². The molecule has 1 amide bonds. The summed E-state index contributed by atoms with van der Waals surface area (Å²) >= 11 is 0. The van der Waals surface area contributed by atoms with Crippen molar-refractivity contribution in [3.8, 4) is 17.3 Å². The Morgan fingerprint density at radius 3 is 2.70 bits per heavy atom. The van der Waals surface area contributed by atoms with Crippen molar-refractivity contribution in [2.75, 3.05) is 18.4 Å². The van der Waals surface area contributed by atoms with Crippen LogP contribution in [0.4, 0.5) is 5.82 Å². The van der Waals surface area contributed by atoms with Crippen molar-refractivity contribution >= 4 is 11.7 Å². The first-order valence-electron chi connectivity index (χ1n) is 9.41. The molecule has 154 valence electrons. The van der Waals surface area contributed by atoms with Crippen LogP contribution in [0, 0.1) is 20.8 Å². The molecule has 10 nitrogen and oxygen atoms in total. The molecule has 0 unspecified atom stereocenters. The van der Waals surface area contributed by atoms with Crippen molar-refractivity contribution in [3.05, 3.63) is 59.5 Å². The van der Waals surface area contributed by atoms with Crippen molar-refractivity contribution in [1.82, 2.24) is 30.2 Å². The van der Waals surface area contributed by atoms with Crippen LogP contribution in [0.25, 0.3) is 17.3 Å². The highest BCUT2D eigenvalue weighted by Gasteiger charge is 2.15. The number of carbonyl (C=O) groups excluding carboxylic acids is 1. The van der Waals surface area contributed by atoms with Crippen molar-refractivity contribution in [2.24, 2.45) is 0 Å². The predicted molar refractivity (Wildman–Crippen MR) is 108 cm³/mol. The lowest BCUT2D eigenvalue weighted by atomic mass is 10.3. The molecule has 4 heterocycles. The van der Waals surface area contributed by atoms with Crippen molar-refractivity contribution in [1.29, 1.82) is 0 Å². The van der Waals surface area contributed by atoms with E-state index in [-0.39, 0.29) is 11.6 Å². The minimum atomic E-state index is -0.333. The third kappa shape index (κ3) is 4.22. The van der Waals surface area contributed by atoms with E-state index in [0.717, 1.165) is 11.4 Å². The molecule has 0 spiro atoms. The van der Waals surface area contributed by atoms with E-state index >= 15 is 0 Å². The molecule has 0 aliphatic heterocycles. The number of amides is 1. The monoisotopic (exact) mass is 407 g/mol. The van der Waals surface area contributed by atoms with Gasteiger partial charge >= 0.3 is 0 Å². The highest BCUT2D eigenvalue weighted by Crippen LogP contribution is 2.20. The molecule has 4 aromatic heterocycles. The average molecular weight is 407 g/mol. The second-order valence-corrected chi connectivity index (χ2v) is 6.73. The number of nitrogens with one attached hydrogen (secondary N) is 2. The van der Waals surface area contributed by atoms with E-state index in [1.807, 2.05) is 32.9 Å². The number of aryl methyl sites for hydroxylation is 3. The van der Waals surface area contributed by atoms with Gasteiger partial charge in [0.15, 0.2) is 17.3 Å². The van der Waals surface area contributed by atoms with Gasteiger partial charge in [0.2, 0.25) is 5.76 Å². The zero-order valence-corrected chi connectivity index (χ0v) is 16.8. The normalized spacial score (nSPS) is 10.9. The van der Waals surface area contributed by atoms with Crippen LogP contribution < -0.4 is 10.6 Å². The first kappa shape index (κ1) is 19.4. The molecule has 0 aliphatic rings. The van der Waals surface area contributed by atoms with Crippen LogP contribution in [0.5, 0.6) is 0 Å². The van der Waals surface area contributed by atoms with E-state index in [0.29, 0.717) is 42.1 Å². The topological polar surface area (TPSA) is 124 Å². The van der Waals surface area contributed by atoms with Gasteiger partial charge in [0.1, 0.15) is 11.6 Å². The third-order valence-corrected chi connectivity index (χ3v) is 4.27. The molecule has 4 rings (SSSR count). The van der Waals surface area contributed by atoms with Crippen LogP contribution in [0.15, 0.2) is 45.5 Å². The fourth-order valence-electron chi connectivity index (χ4n) is 2.99. The molecular weight excluding hydrogens is 386 g/mol. The number of nitrogens with zero attached hydrogens (tertiary/aromatic N) is 5. The summed E-state index contributed by atoms with van der Waals surface area (Å²) in [5, 5.41) is 14.2. The lowest BCUT2D eigenvalue weighted by Crippen LogP contribution is -2.29. The Kier molecular flexibility index (Phi) is 5.29. The highest BCUT2D eigenvalue weighted by atomic mass is 16.5. The molecule has 0 radical (unpaired) electrons. The number of hydrogen-bond acceptors (Lipinski definition) is 8. The molecule has 0 aromatic carbocycles. The fraction of sp³-hybridized carbons (Fsp3) is 0.250. The summed E-state index contributed by atoms with van der Waals surface area (Å²) in [6.07, 6.45) is 1.53. The fourth-order valence-corrected chi connectivity index (χ4v) is 2.99. The van der Waals surface area contributed by atoms with Gasteiger partial charge in [-0.3, -0.25) is 4.79 Å². The van der Waals surface area contributed by atoms with E-state index in [2.05, 4.69) is 30.9 Å². The predicted octanol–water partition coefficient (Wildman–Crippen LogP) is 2.68. The van der Waals surface area contributed by atoms with Gasteiger partial charge in [-0.05, 0) is 39.0 Å². The van der Waals surface area contributed by atoms with Gasteiger partial charge in [-0.25, -0.2) is 14.6 Å². The number of rotatable bonds is 7. The minimum absolute atomic E-state index is 0.186. The summed E-state index contributed by atoms with van der Waals surface area (Å²) in [5.41, 5.74) is 2.10. The Morgan fingerprint density at radius 2 is 1.97 bits per heavy atom. The number of carbonyl (C=O) groups is 1. The number of furan rings is 1. The number of anilines is 1. The molecular formula is C20H21N7O3. The van der Waals surface area contributed by atoms with Crippen LogP contribution in [-0.2, 0) is 0 Å². The molecule has 0 saturated carbocycles. The van der Waals surface area contributed by atoms with Gasteiger partial charge in [-0.1, -0.05) is 5.16 Å². The lowest BCUT2D eigenvalue weighted by molar-refractivity contribution is 0.0946. The molecule has 0 fully saturated rings. The Labute approximate surface area is 172 Å². The average Bonchev–Trinajstić information content (AvgIpc) is 3.45. The highest BCUT2D eigenvalue weighted by molar-refractivity contribution is 5.92. The summed E-state index contributed by atoms with van der Waals surface area (Å²) in [6, 6.07) is 8.81. The number of hydrogen-bond donors (Lipinski definition) is 2. The molecule has 0 bridgehead atoms. The maximum absolute atomic E-state index is 12.2. The van der Waals surface area contributed by atoms with E-state index in [1.54, 1.807) is 16.8 Å². The first-order valence-corrected chi connectivity index (χ1v) is 9.41. The van der Waals surface area contributed by atoms with E-state index < -0.39 is 0 Å². The van der Waals surface area contributed by atoms with Crippen LogP contribution >= 0.6 is 0 Å². The van der Waals surface area contributed by atoms with Gasteiger partial charge in [0, 0.05) is 30.9 Å². The zero-order chi connectivity index (χ0) is 21.1. The van der Waals surface area contributed by atoms with Crippen LogP contribution in [0.3, 0.4) is 0 Å². The Balaban J connectivity index is 1.33. The minimum Gasteiger partial charge on any atom is -0.461 e. The smallest absolute Gasteiger partial charge is 0.273 e. The lowest BCUT2D eigenvalue weighted by Gasteiger charge is -2.10. The molecule has 10 heteroatoms. The largest absolute Gasteiger partial charge is 0.461 e. The molecule has 2 N–H and O–H groups in total. The van der Waals surface area contributed by atoms with Gasteiger partial charge in [-0.15, -0.1) is 0 Å². The second kappa shape index (κ2) is 8.19. The Bertz CT molecular complexity index is 1160. The SMILES string of the molecule is Cc1cc(C)n(-c2cc(NCCNC(=O)c3cc(-c4ccco4)on3)nc(C)n2)n1. The summed E-state index contributed by atoms with van der Waals surface area (Å²) in [4.78, 5) is 21.1. The summed E-state index contributed by atoms with van der Waals surface area (Å²) in [7, 11) is 0. The molecule has 0 saturated heterocycles. The quantitative estimate of drug-likeness (QED) is 0.448. The third-order valence-electron chi connectivity index (χ3n) is 4.27. The summed E-state index contributed by atoms with van der Waals surface area (Å²) < 4.78 is 12.1. The zero-order valence-electron chi connectivity index (χ0n) is 16.8. The van der Waals surface area contributed by atoms with Gasteiger partial charge in [0.25, 0.3) is 5.91 Å². The van der Waals surface area contributed by atoms with Gasteiger partial charge in [-0.2, -0.15) is 5.10 Å². The Hall–Kier alpha value is -3.95. The van der Waals surface area contributed by atoms with Crippen molar-refractivity contribution in [2.45, 2.75) is 20.8 Å². The van der Waals surface area contributed by atoms with Gasteiger partial charge < -0.3 is 19.6 Å². The van der Waals surface area contributed by atoms with E-state index in [1.165, 1.54) is 12.3 Å². The van der Waals surface area contributed by atoms with Crippen LogP contribution in [0.2, 0.25) is 0 Å². The molecule has 30 heavy (non-hydrogen) atoms. The second-order valence-electron chi connectivity index (χ2n) is 6.73. The van der Waals surface area contributed by atoms with Gasteiger partial charge in [0.05, 0.1) is 12.0 Å². The molecule has 0 atom stereocenters. The maximum atomic E-state index is 12.2. The van der Waals surface area contributed by atoms with Crippen molar-refractivity contribution < 1.29 is 13.7 Å². The first-order chi connectivity index (χ1) is 14.5. The summed E-state index contributed by atoms with van der Waals surface area (Å²) in [6.45, 7) is 6.58.